The van der Waals surface area contributed by atoms with E-state index in [1.807, 2.05) is 0 Å². The Hall–Kier alpha value is -2.60. The smallest absolute Gasteiger partial charge is 0.142 e. The van der Waals surface area contributed by atoms with Gasteiger partial charge in [-0.15, -0.1) is 0 Å². The highest BCUT2D eigenvalue weighted by atomic mass is 16.4. The molecule has 0 amide bonds. The summed E-state index contributed by atoms with van der Waals surface area (Å²) in [7, 11) is 0. The van der Waals surface area contributed by atoms with Crippen molar-refractivity contribution in [3.05, 3.63) is 59.1 Å². The molecule has 0 saturated carbocycles. The van der Waals surface area contributed by atoms with Gasteiger partial charge in [-0.05, 0) is 24.1 Å². The van der Waals surface area contributed by atoms with E-state index in [0.717, 1.165) is 31.4 Å². The van der Waals surface area contributed by atoms with Gasteiger partial charge in [0.2, 0.25) is 0 Å². The van der Waals surface area contributed by atoms with Crippen LogP contribution in [0.4, 0.5) is 0 Å². The van der Waals surface area contributed by atoms with Crippen molar-refractivity contribution in [1.29, 1.82) is 0 Å². The van der Waals surface area contributed by atoms with E-state index in [4.69, 9.17) is 5.21 Å². The number of allylic oxidation sites excluding steroid dienone is 2. The summed E-state index contributed by atoms with van der Waals surface area (Å²) < 4.78 is 0. The number of nitrogens with one attached hydrogen (secondary N) is 1. The Balaban J connectivity index is 1.47. The van der Waals surface area contributed by atoms with E-state index in [-0.39, 0.29) is 11.4 Å². The van der Waals surface area contributed by atoms with E-state index < -0.39 is 0 Å². The van der Waals surface area contributed by atoms with Crippen molar-refractivity contribution >= 4 is 6.21 Å². The first-order chi connectivity index (χ1) is 11.7. The summed E-state index contributed by atoms with van der Waals surface area (Å²) >= 11 is 0. The first-order valence-corrected chi connectivity index (χ1v) is 8.17. The molecule has 24 heavy (non-hydrogen) atoms. The largest absolute Gasteiger partial charge is 0.506 e. The van der Waals surface area contributed by atoms with Crippen LogP contribution in [-0.4, -0.2) is 45.5 Å². The lowest BCUT2D eigenvalue weighted by atomic mass is 9.88. The molecule has 4 rings (SSSR count). The second kappa shape index (κ2) is 6.13. The van der Waals surface area contributed by atoms with Crippen molar-refractivity contribution < 1.29 is 10.3 Å². The number of hydrogen-bond acceptors (Lipinski definition) is 6. The van der Waals surface area contributed by atoms with Crippen LogP contribution in [0.3, 0.4) is 0 Å². The van der Waals surface area contributed by atoms with Crippen LogP contribution in [-0.2, 0) is 6.54 Å². The summed E-state index contributed by atoms with van der Waals surface area (Å²) in [6.07, 6.45) is 11.0. The van der Waals surface area contributed by atoms with Crippen molar-refractivity contribution in [2.75, 3.05) is 13.1 Å². The van der Waals surface area contributed by atoms with E-state index >= 15 is 0 Å². The number of aromatic nitrogens is 1. The molecule has 0 radical (unpaired) electrons. The monoisotopic (exact) mass is 324 g/mol. The molecule has 1 aromatic rings. The number of nitrogens with zero attached hydrogens (tertiary/aromatic N) is 3. The molecule has 0 aromatic carbocycles. The number of rotatable bonds is 3. The van der Waals surface area contributed by atoms with Gasteiger partial charge in [0.05, 0.1) is 18.0 Å². The van der Waals surface area contributed by atoms with Gasteiger partial charge in [0, 0.05) is 31.2 Å². The van der Waals surface area contributed by atoms with E-state index in [1.165, 1.54) is 11.3 Å². The Morgan fingerprint density at radius 1 is 1.33 bits per heavy atom. The molecule has 124 valence electrons. The zero-order chi connectivity index (χ0) is 16.5. The summed E-state index contributed by atoms with van der Waals surface area (Å²) in [5.41, 5.74) is 4.00. The molecule has 0 saturated heterocycles. The van der Waals surface area contributed by atoms with Crippen LogP contribution in [0.5, 0.6) is 5.75 Å². The molecule has 6 nitrogen and oxygen atoms in total. The van der Waals surface area contributed by atoms with E-state index in [2.05, 4.69) is 44.7 Å². The van der Waals surface area contributed by atoms with Crippen molar-refractivity contribution in [2.45, 2.75) is 19.0 Å². The van der Waals surface area contributed by atoms with Gasteiger partial charge in [0.1, 0.15) is 11.4 Å². The van der Waals surface area contributed by atoms with Crippen molar-refractivity contribution in [1.82, 2.24) is 15.2 Å². The Bertz CT molecular complexity index is 766. The van der Waals surface area contributed by atoms with Crippen molar-refractivity contribution in [2.24, 2.45) is 11.1 Å². The highest BCUT2D eigenvalue weighted by Crippen LogP contribution is 2.35. The fourth-order valence-corrected chi connectivity index (χ4v) is 3.73. The third-order valence-corrected chi connectivity index (χ3v) is 4.87. The van der Waals surface area contributed by atoms with Gasteiger partial charge < -0.3 is 15.6 Å². The van der Waals surface area contributed by atoms with Crippen LogP contribution >= 0.6 is 0 Å². The number of aromatic hydroxyl groups is 1. The zero-order valence-electron chi connectivity index (χ0n) is 13.3. The van der Waals surface area contributed by atoms with Gasteiger partial charge in [-0.3, -0.25) is 4.90 Å². The normalized spacial score (nSPS) is 25.8. The Morgan fingerprint density at radius 3 is 3.08 bits per heavy atom. The zero-order valence-corrected chi connectivity index (χ0v) is 13.3. The molecule has 3 N–H and O–H groups in total. The molecule has 2 aliphatic heterocycles. The summed E-state index contributed by atoms with van der Waals surface area (Å²) in [6.45, 7) is 2.58. The molecule has 0 bridgehead atoms. The van der Waals surface area contributed by atoms with Crippen LogP contribution in [0.1, 0.15) is 17.8 Å². The predicted molar refractivity (Wildman–Crippen MR) is 90.9 cm³/mol. The summed E-state index contributed by atoms with van der Waals surface area (Å²) in [5.74, 6) is 0.520. The number of fused-ring (bicyclic) bond motifs is 2. The van der Waals surface area contributed by atoms with Gasteiger partial charge in [-0.2, -0.15) is 0 Å². The van der Waals surface area contributed by atoms with E-state index in [9.17, 15) is 5.11 Å². The molecule has 1 aromatic heterocycles. The first kappa shape index (κ1) is 15.0. The maximum Gasteiger partial charge on any atom is 0.142 e. The minimum absolute atomic E-state index is 0.0142. The van der Waals surface area contributed by atoms with Gasteiger partial charge in [0.25, 0.3) is 0 Å². The highest BCUT2D eigenvalue weighted by Gasteiger charge is 2.34. The maximum absolute atomic E-state index is 9.70. The lowest BCUT2D eigenvalue weighted by molar-refractivity contribution is 0.270. The lowest BCUT2D eigenvalue weighted by Gasteiger charge is -2.28. The quantitative estimate of drug-likeness (QED) is 0.448. The Labute approximate surface area is 140 Å². The van der Waals surface area contributed by atoms with Crippen molar-refractivity contribution in [3.63, 3.8) is 0 Å². The molecule has 2 atom stereocenters. The Kier molecular flexibility index (Phi) is 3.82. The maximum atomic E-state index is 9.70. The van der Waals surface area contributed by atoms with Gasteiger partial charge >= 0.3 is 0 Å². The van der Waals surface area contributed by atoms with E-state index in [0.29, 0.717) is 18.5 Å². The molecule has 0 fully saturated rings. The van der Waals surface area contributed by atoms with Crippen LogP contribution in [0.15, 0.2) is 52.9 Å². The number of oxime groups is 1. The minimum Gasteiger partial charge on any atom is -0.506 e. The van der Waals surface area contributed by atoms with E-state index in [1.54, 1.807) is 12.1 Å². The van der Waals surface area contributed by atoms with Gasteiger partial charge in [0.15, 0.2) is 0 Å². The molecule has 0 spiro atoms. The summed E-state index contributed by atoms with van der Waals surface area (Å²) in [5, 5.41) is 24.9. The molecular weight excluding hydrogens is 304 g/mol. The summed E-state index contributed by atoms with van der Waals surface area (Å²) in [4.78, 5) is 6.70. The minimum atomic E-state index is 0.0142. The van der Waals surface area contributed by atoms with Crippen molar-refractivity contribution in [3.8, 4) is 5.75 Å². The molecule has 3 aliphatic rings. The highest BCUT2D eigenvalue weighted by molar-refractivity contribution is 5.80. The Morgan fingerprint density at radius 2 is 2.21 bits per heavy atom. The lowest BCUT2D eigenvalue weighted by Crippen LogP contribution is -2.34. The standard InChI is InChI=1S/C18H20N4O2/c23-18-6-5-12(20-16(18)9-19-24)10-22-8-7-14-13-3-1-2-4-15(13)21-17(14)11-22/h1-6,9,13,15,21,23-24H,7-8,10-11H2/b19-9+. The second-order valence-corrected chi connectivity index (χ2v) is 6.38. The fraction of sp³-hybridized carbons (Fsp3) is 0.333. The molecule has 6 heteroatoms. The first-order valence-electron chi connectivity index (χ1n) is 8.17. The topological polar surface area (TPSA) is 81.0 Å². The van der Waals surface area contributed by atoms with Crippen LogP contribution in [0.25, 0.3) is 0 Å². The third kappa shape index (κ3) is 2.69. The third-order valence-electron chi connectivity index (χ3n) is 4.87. The fourth-order valence-electron chi connectivity index (χ4n) is 3.73. The summed E-state index contributed by atoms with van der Waals surface area (Å²) in [6, 6.07) is 3.80. The van der Waals surface area contributed by atoms with Crippen LogP contribution in [0, 0.1) is 5.92 Å². The molecule has 3 heterocycles. The molecule has 2 unspecified atom stereocenters. The second-order valence-electron chi connectivity index (χ2n) is 6.38. The average molecular weight is 324 g/mol. The molecular formula is C18H20N4O2. The average Bonchev–Trinajstić information content (AvgIpc) is 2.96. The molecule has 1 aliphatic carbocycles. The SMILES string of the molecule is O/N=C/c1nc(CN2CCC3=C(C2)NC2C=CC=CC32)ccc1O. The number of pyridine rings is 1. The van der Waals surface area contributed by atoms with Gasteiger partial charge in [-0.25, -0.2) is 4.98 Å². The number of hydrogen-bond donors (Lipinski definition) is 3. The predicted octanol–water partition coefficient (Wildman–Crippen LogP) is 1.77. The van der Waals surface area contributed by atoms with Crippen LogP contribution in [0.2, 0.25) is 0 Å². The van der Waals surface area contributed by atoms with Gasteiger partial charge in [-0.1, -0.05) is 29.5 Å². The van der Waals surface area contributed by atoms with Crippen LogP contribution < -0.4 is 5.32 Å².